The van der Waals surface area contributed by atoms with Crippen LogP contribution < -0.4 is 5.32 Å². The van der Waals surface area contributed by atoms with Crippen LogP contribution in [0.25, 0.3) is 0 Å². The lowest BCUT2D eigenvalue weighted by Crippen LogP contribution is -2.50. The molecule has 4 nitrogen and oxygen atoms in total. The third-order valence-electron chi connectivity index (χ3n) is 3.30. The zero-order valence-corrected chi connectivity index (χ0v) is 10.7. The molecular weight excluding hydrogens is 204 g/mol. The molecule has 0 saturated carbocycles. The number of nitrogens with zero attached hydrogens (tertiary/aromatic N) is 1. The van der Waals surface area contributed by atoms with Crippen molar-refractivity contribution in [1.29, 1.82) is 0 Å². The molecule has 1 amide bonds. The fourth-order valence-electron chi connectivity index (χ4n) is 1.97. The smallest absolute Gasteiger partial charge is 0.248 e. The lowest BCUT2D eigenvalue weighted by atomic mass is 9.98. The summed E-state index contributed by atoms with van der Waals surface area (Å²) in [5.41, 5.74) is 0. The quantitative estimate of drug-likeness (QED) is 0.733. The van der Waals surface area contributed by atoms with E-state index in [9.17, 15) is 4.79 Å². The van der Waals surface area contributed by atoms with E-state index in [0.29, 0.717) is 18.6 Å². The van der Waals surface area contributed by atoms with Crippen LogP contribution in [0, 0.1) is 5.92 Å². The van der Waals surface area contributed by atoms with Gasteiger partial charge >= 0.3 is 0 Å². The number of nitrogens with one attached hydrogen (secondary N) is 1. The molecule has 1 aliphatic rings. The third-order valence-corrected chi connectivity index (χ3v) is 3.30. The fourth-order valence-corrected chi connectivity index (χ4v) is 1.97. The fraction of sp³-hybridized carbons (Fsp3) is 0.917. The van der Waals surface area contributed by atoms with Crippen molar-refractivity contribution < 1.29 is 9.53 Å². The van der Waals surface area contributed by atoms with Crippen LogP contribution in [0.5, 0.6) is 0 Å². The van der Waals surface area contributed by atoms with Gasteiger partial charge in [-0.2, -0.15) is 0 Å². The molecule has 94 valence electrons. The maximum atomic E-state index is 11.6. The molecule has 1 fully saturated rings. The summed E-state index contributed by atoms with van der Waals surface area (Å²) in [5, 5.41) is 3.47. The monoisotopic (exact) mass is 228 g/mol. The van der Waals surface area contributed by atoms with Gasteiger partial charge in [-0.3, -0.25) is 4.79 Å². The highest BCUT2D eigenvalue weighted by atomic mass is 16.5. The Kier molecular flexibility index (Phi) is 5.77. The second-order valence-corrected chi connectivity index (χ2v) is 4.44. The van der Waals surface area contributed by atoms with Gasteiger partial charge in [0, 0.05) is 19.1 Å². The Morgan fingerprint density at radius 3 is 2.81 bits per heavy atom. The molecule has 4 heteroatoms. The van der Waals surface area contributed by atoms with E-state index in [4.69, 9.17) is 4.74 Å². The van der Waals surface area contributed by atoms with Crippen LogP contribution in [0.1, 0.15) is 27.2 Å². The minimum Gasteiger partial charge on any atom is -0.370 e. The number of hydrogen-bond donors (Lipinski definition) is 1. The van der Waals surface area contributed by atoms with Gasteiger partial charge in [0.2, 0.25) is 5.91 Å². The maximum Gasteiger partial charge on any atom is 0.248 e. The minimum atomic E-state index is 0.123. The van der Waals surface area contributed by atoms with Crippen molar-refractivity contribution in [3.05, 3.63) is 0 Å². The second-order valence-electron chi connectivity index (χ2n) is 4.44. The van der Waals surface area contributed by atoms with Gasteiger partial charge in [0.1, 0.15) is 6.61 Å². The standard InChI is InChI=1S/C12H24N2O2/c1-4-10(3)11(13-5-2)8-14-6-7-16-9-12(14)15/h10-11,13H,4-9H2,1-3H3. The van der Waals surface area contributed by atoms with Crippen LogP contribution in [0.4, 0.5) is 0 Å². The van der Waals surface area contributed by atoms with Crippen LogP contribution in [0.2, 0.25) is 0 Å². The molecule has 0 aromatic heterocycles. The normalized spacial score (nSPS) is 20.9. The molecule has 0 radical (unpaired) electrons. The molecule has 1 heterocycles. The number of rotatable bonds is 6. The Morgan fingerprint density at radius 1 is 1.50 bits per heavy atom. The summed E-state index contributed by atoms with van der Waals surface area (Å²) in [5.74, 6) is 0.716. The van der Waals surface area contributed by atoms with Gasteiger partial charge in [0.05, 0.1) is 6.61 Å². The van der Waals surface area contributed by atoms with Crippen LogP contribution >= 0.6 is 0 Å². The number of hydrogen-bond acceptors (Lipinski definition) is 3. The highest BCUT2D eigenvalue weighted by Crippen LogP contribution is 2.10. The van der Waals surface area contributed by atoms with Crippen LogP contribution in [0.3, 0.4) is 0 Å². The third kappa shape index (κ3) is 3.76. The van der Waals surface area contributed by atoms with Gasteiger partial charge in [-0.15, -0.1) is 0 Å². The Morgan fingerprint density at radius 2 is 2.25 bits per heavy atom. The molecule has 2 atom stereocenters. The van der Waals surface area contributed by atoms with E-state index in [2.05, 4.69) is 26.1 Å². The van der Waals surface area contributed by atoms with E-state index in [0.717, 1.165) is 26.1 Å². The molecule has 16 heavy (non-hydrogen) atoms. The van der Waals surface area contributed by atoms with Crippen molar-refractivity contribution in [3.63, 3.8) is 0 Å². The Balaban J connectivity index is 2.48. The molecule has 1 rings (SSSR count). The maximum absolute atomic E-state index is 11.6. The lowest BCUT2D eigenvalue weighted by molar-refractivity contribution is -0.143. The van der Waals surface area contributed by atoms with E-state index in [1.165, 1.54) is 0 Å². The highest BCUT2D eigenvalue weighted by molar-refractivity contribution is 5.78. The summed E-state index contributed by atoms with van der Waals surface area (Å²) in [6.07, 6.45) is 1.14. The molecule has 1 aliphatic heterocycles. The second kappa shape index (κ2) is 6.86. The van der Waals surface area contributed by atoms with Crippen molar-refractivity contribution in [1.82, 2.24) is 10.2 Å². The zero-order valence-electron chi connectivity index (χ0n) is 10.7. The number of carbonyl (C=O) groups excluding carboxylic acids is 1. The summed E-state index contributed by atoms with van der Waals surface area (Å²) in [6.45, 7) is 9.95. The highest BCUT2D eigenvalue weighted by Gasteiger charge is 2.24. The van der Waals surface area contributed by atoms with Crippen molar-refractivity contribution in [2.75, 3.05) is 32.8 Å². The van der Waals surface area contributed by atoms with Crippen LogP contribution in [0.15, 0.2) is 0 Å². The van der Waals surface area contributed by atoms with Crippen molar-refractivity contribution in [2.24, 2.45) is 5.92 Å². The molecule has 0 aromatic rings. The van der Waals surface area contributed by atoms with Crippen molar-refractivity contribution >= 4 is 5.91 Å². The van der Waals surface area contributed by atoms with Gasteiger partial charge in [0.25, 0.3) is 0 Å². The SMILES string of the molecule is CCNC(CN1CCOCC1=O)C(C)CC. The van der Waals surface area contributed by atoms with Crippen LogP contribution in [-0.4, -0.2) is 49.7 Å². The molecule has 1 saturated heterocycles. The van der Waals surface area contributed by atoms with E-state index in [1.54, 1.807) is 0 Å². The van der Waals surface area contributed by atoms with Crippen molar-refractivity contribution in [2.45, 2.75) is 33.2 Å². The topological polar surface area (TPSA) is 41.6 Å². The summed E-state index contributed by atoms with van der Waals surface area (Å²) >= 11 is 0. The number of likely N-dealkylation sites (N-methyl/N-ethyl adjacent to an activating group) is 1. The summed E-state index contributed by atoms with van der Waals surface area (Å²) < 4.78 is 5.13. The molecular formula is C12H24N2O2. The van der Waals surface area contributed by atoms with Gasteiger partial charge in [-0.05, 0) is 12.5 Å². The predicted octanol–water partition coefficient (Wildman–Crippen LogP) is 0.869. The number of ether oxygens (including phenoxy) is 1. The Bertz CT molecular complexity index is 221. The first kappa shape index (κ1) is 13.5. The molecule has 1 N–H and O–H groups in total. The number of carbonyl (C=O) groups is 1. The molecule has 0 spiro atoms. The van der Waals surface area contributed by atoms with Crippen molar-refractivity contribution in [3.8, 4) is 0 Å². The lowest BCUT2D eigenvalue weighted by Gasteiger charge is -2.33. The summed E-state index contributed by atoms with van der Waals surface area (Å²) in [6, 6.07) is 0.400. The van der Waals surface area contributed by atoms with Gasteiger partial charge in [0.15, 0.2) is 0 Å². The molecule has 0 aromatic carbocycles. The average Bonchev–Trinajstić information content (AvgIpc) is 2.30. The van der Waals surface area contributed by atoms with E-state index >= 15 is 0 Å². The Hall–Kier alpha value is -0.610. The summed E-state index contributed by atoms with van der Waals surface area (Å²) in [4.78, 5) is 13.5. The first-order valence-electron chi connectivity index (χ1n) is 6.27. The van der Waals surface area contributed by atoms with E-state index in [1.807, 2.05) is 4.90 Å². The molecule has 0 aliphatic carbocycles. The van der Waals surface area contributed by atoms with Crippen LogP contribution in [-0.2, 0) is 9.53 Å². The largest absolute Gasteiger partial charge is 0.370 e. The van der Waals surface area contributed by atoms with E-state index in [-0.39, 0.29) is 12.5 Å². The first-order chi connectivity index (χ1) is 7.69. The van der Waals surface area contributed by atoms with Gasteiger partial charge < -0.3 is 15.0 Å². The molecule has 2 unspecified atom stereocenters. The van der Waals surface area contributed by atoms with E-state index < -0.39 is 0 Å². The summed E-state index contributed by atoms with van der Waals surface area (Å²) in [7, 11) is 0. The zero-order chi connectivity index (χ0) is 12.0. The first-order valence-corrected chi connectivity index (χ1v) is 6.27. The number of morpholine rings is 1. The Labute approximate surface area is 98.3 Å². The average molecular weight is 228 g/mol. The minimum absolute atomic E-state index is 0.123. The molecule has 0 bridgehead atoms. The predicted molar refractivity (Wildman–Crippen MR) is 64.3 cm³/mol. The van der Waals surface area contributed by atoms with Gasteiger partial charge in [-0.25, -0.2) is 0 Å². The number of amides is 1. The van der Waals surface area contributed by atoms with Gasteiger partial charge in [-0.1, -0.05) is 27.2 Å².